The molecule has 2 aliphatic carbocycles. The molecule has 1 aromatic heterocycles. The third kappa shape index (κ3) is 4.67. The molecule has 7 nitrogen and oxygen atoms in total. The zero-order valence-corrected chi connectivity index (χ0v) is 18.2. The second-order valence-corrected chi connectivity index (χ2v) is 9.90. The molecule has 2 aromatic rings. The molecule has 164 valence electrons. The summed E-state index contributed by atoms with van der Waals surface area (Å²) in [6.45, 7) is 0. The Morgan fingerprint density at radius 3 is 2.94 bits per heavy atom. The van der Waals surface area contributed by atoms with Crippen molar-refractivity contribution in [1.82, 2.24) is 9.97 Å². The quantitative estimate of drug-likeness (QED) is 0.361. The molecule has 1 heterocycles. The van der Waals surface area contributed by atoms with Crippen LogP contribution in [0, 0.1) is 39.6 Å². The van der Waals surface area contributed by atoms with E-state index >= 15 is 0 Å². The molecule has 1 aromatic carbocycles. The first kappa shape index (κ1) is 22.0. The molecule has 2 bridgehead atoms. The van der Waals surface area contributed by atoms with Crippen molar-refractivity contribution in [3.8, 4) is 0 Å². The number of fused-ring (bicyclic) bond motifs is 2. The summed E-state index contributed by atoms with van der Waals surface area (Å²) in [7, 11) is 0. The number of hydrogen-bond donors (Lipinski definition) is 1. The van der Waals surface area contributed by atoms with E-state index in [-0.39, 0.29) is 51.2 Å². The van der Waals surface area contributed by atoms with Gasteiger partial charge in [-0.1, -0.05) is 12.1 Å². The van der Waals surface area contributed by atoms with Gasteiger partial charge in [-0.3, -0.25) is 14.9 Å². The standard InChI is InChI=1S/C21H22ClFN4O3S/c22-21-25-10-16(23)17(26-21)9-15-14-7-12(19(15)20(24)28)8-18(14)31-5-4-11-2-1-3-13(6-11)27(29)30/h1-3,6,10,12,14-15,18-19H,4-5,7-9H2,(H2,24,28). The van der Waals surface area contributed by atoms with E-state index in [0.717, 1.165) is 36.8 Å². The molecule has 0 spiro atoms. The first-order valence-corrected chi connectivity index (χ1v) is 11.6. The number of rotatable bonds is 8. The average Bonchev–Trinajstić information content (AvgIpc) is 3.29. The normalized spacial score (nSPS) is 26.8. The van der Waals surface area contributed by atoms with Crippen LogP contribution in [0.5, 0.6) is 0 Å². The van der Waals surface area contributed by atoms with Gasteiger partial charge in [0, 0.05) is 23.3 Å². The topological polar surface area (TPSA) is 112 Å². The Hall–Kier alpha value is -2.26. The van der Waals surface area contributed by atoms with Crippen LogP contribution in [0.1, 0.15) is 24.1 Å². The number of aromatic nitrogens is 2. The highest BCUT2D eigenvalue weighted by Crippen LogP contribution is 2.56. The van der Waals surface area contributed by atoms with Gasteiger partial charge in [0.15, 0.2) is 5.82 Å². The molecular weight excluding hydrogens is 443 g/mol. The fourth-order valence-corrected chi connectivity index (χ4v) is 6.99. The molecule has 2 saturated carbocycles. The number of nitrogens with zero attached hydrogens (tertiary/aromatic N) is 3. The molecule has 5 atom stereocenters. The Labute approximate surface area is 188 Å². The van der Waals surface area contributed by atoms with Crippen LogP contribution >= 0.6 is 23.4 Å². The van der Waals surface area contributed by atoms with Crippen molar-refractivity contribution >= 4 is 35.0 Å². The predicted molar refractivity (Wildman–Crippen MR) is 116 cm³/mol. The zero-order valence-electron chi connectivity index (χ0n) is 16.6. The summed E-state index contributed by atoms with van der Waals surface area (Å²) < 4.78 is 14.2. The van der Waals surface area contributed by atoms with Crippen LogP contribution in [0.4, 0.5) is 10.1 Å². The van der Waals surface area contributed by atoms with Crippen molar-refractivity contribution in [1.29, 1.82) is 0 Å². The van der Waals surface area contributed by atoms with Gasteiger partial charge in [-0.15, -0.1) is 0 Å². The van der Waals surface area contributed by atoms with Crippen molar-refractivity contribution in [2.24, 2.45) is 29.4 Å². The molecule has 1 amide bonds. The highest BCUT2D eigenvalue weighted by atomic mass is 35.5. The van der Waals surface area contributed by atoms with E-state index in [0.29, 0.717) is 11.7 Å². The maximum absolute atomic E-state index is 14.2. The summed E-state index contributed by atoms with van der Waals surface area (Å²) in [5.41, 5.74) is 6.95. The number of nitro groups is 1. The Balaban J connectivity index is 1.43. The van der Waals surface area contributed by atoms with Gasteiger partial charge in [0.25, 0.3) is 5.69 Å². The van der Waals surface area contributed by atoms with Crippen molar-refractivity contribution < 1.29 is 14.1 Å². The monoisotopic (exact) mass is 464 g/mol. The van der Waals surface area contributed by atoms with E-state index in [4.69, 9.17) is 17.3 Å². The average molecular weight is 465 g/mol. The van der Waals surface area contributed by atoms with Gasteiger partial charge in [0.05, 0.1) is 16.8 Å². The first-order chi connectivity index (χ1) is 14.8. The summed E-state index contributed by atoms with van der Waals surface area (Å²) in [6.07, 6.45) is 3.89. The number of primary amides is 1. The second-order valence-electron chi connectivity index (χ2n) is 8.21. The molecule has 10 heteroatoms. The fraction of sp³-hybridized carbons (Fsp3) is 0.476. The Kier molecular flexibility index (Phi) is 6.43. The number of aryl methyl sites for hydroxylation is 1. The molecule has 2 fully saturated rings. The smallest absolute Gasteiger partial charge is 0.269 e. The molecule has 4 rings (SSSR count). The third-order valence-electron chi connectivity index (χ3n) is 6.50. The Morgan fingerprint density at radius 1 is 1.39 bits per heavy atom. The number of carbonyl (C=O) groups is 1. The highest BCUT2D eigenvalue weighted by molar-refractivity contribution is 7.99. The van der Waals surface area contributed by atoms with Crippen LogP contribution in [0.25, 0.3) is 0 Å². The van der Waals surface area contributed by atoms with Crippen LogP contribution in [0.15, 0.2) is 30.5 Å². The van der Waals surface area contributed by atoms with Gasteiger partial charge in [-0.05, 0) is 66.4 Å². The summed E-state index contributed by atoms with van der Waals surface area (Å²) in [6, 6.07) is 6.68. The molecule has 0 saturated heterocycles. The van der Waals surface area contributed by atoms with E-state index in [1.165, 1.54) is 6.07 Å². The summed E-state index contributed by atoms with van der Waals surface area (Å²) in [5.74, 6) is 0.0348. The SMILES string of the molecule is NC(=O)C1C2CC(SCCc3cccc([N+](=O)[O-])c3)C(C2)C1Cc1nc(Cl)ncc1F. The van der Waals surface area contributed by atoms with Gasteiger partial charge in [0.2, 0.25) is 11.2 Å². The van der Waals surface area contributed by atoms with Crippen LogP contribution in [0.3, 0.4) is 0 Å². The lowest BCUT2D eigenvalue weighted by Gasteiger charge is -2.34. The number of nitrogens with two attached hydrogens (primary N) is 1. The van der Waals surface area contributed by atoms with Crippen molar-refractivity contribution in [3.63, 3.8) is 0 Å². The second kappa shape index (κ2) is 9.08. The van der Waals surface area contributed by atoms with Crippen molar-refractivity contribution in [2.75, 3.05) is 5.75 Å². The van der Waals surface area contributed by atoms with Crippen LogP contribution in [-0.4, -0.2) is 31.8 Å². The minimum Gasteiger partial charge on any atom is -0.369 e. The Bertz CT molecular complexity index is 1010. The number of thioether (sulfide) groups is 1. The number of halogens is 2. The summed E-state index contributed by atoms with van der Waals surface area (Å²) in [4.78, 5) is 30.4. The van der Waals surface area contributed by atoms with E-state index < -0.39 is 5.82 Å². The number of benzene rings is 1. The number of non-ortho nitro benzene ring substituents is 1. The van der Waals surface area contributed by atoms with E-state index in [1.807, 2.05) is 17.8 Å². The minimum absolute atomic E-state index is 0.0157. The van der Waals surface area contributed by atoms with Gasteiger partial charge in [-0.2, -0.15) is 11.8 Å². The van der Waals surface area contributed by atoms with Crippen molar-refractivity contribution in [3.05, 3.63) is 62.9 Å². The molecular formula is C21H22ClFN4O3S. The maximum atomic E-state index is 14.2. The van der Waals surface area contributed by atoms with Crippen LogP contribution < -0.4 is 5.73 Å². The van der Waals surface area contributed by atoms with Crippen LogP contribution in [-0.2, 0) is 17.6 Å². The molecule has 2 N–H and O–H groups in total. The lowest BCUT2D eigenvalue weighted by atomic mass is 9.76. The van der Waals surface area contributed by atoms with E-state index in [1.54, 1.807) is 12.1 Å². The molecule has 31 heavy (non-hydrogen) atoms. The zero-order chi connectivity index (χ0) is 22.1. The summed E-state index contributed by atoms with van der Waals surface area (Å²) in [5, 5.41) is 11.3. The molecule has 0 aliphatic heterocycles. The highest BCUT2D eigenvalue weighted by Gasteiger charge is 2.54. The number of carbonyl (C=O) groups excluding carboxylic acids is 1. The number of amides is 1. The lowest BCUT2D eigenvalue weighted by molar-refractivity contribution is -0.384. The fourth-order valence-electron chi connectivity index (χ4n) is 5.24. The minimum atomic E-state index is -0.523. The lowest BCUT2D eigenvalue weighted by Crippen LogP contribution is -2.39. The van der Waals surface area contributed by atoms with Crippen molar-refractivity contribution in [2.45, 2.75) is 30.9 Å². The van der Waals surface area contributed by atoms with Gasteiger partial charge in [0.1, 0.15) is 0 Å². The molecule has 5 unspecified atom stereocenters. The predicted octanol–water partition coefficient (Wildman–Crippen LogP) is 3.82. The largest absolute Gasteiger partial charge is 0.369 e. The van der Waals surface area contributed by atoms with Gasteiger partial charge < -0.3 is 5.73 Å². The first-order valence-electron chi connectivity index (χ1n) is 10.1. The van der Waals surface area contributed by atoms with Gasteiger partial charge >= 0.3 is 0 Å². The van der Waals surface area contributed by atoms with E-state index in [2.05, 4.69) is 9.97 Å². The molecule has 2 aliphatic rings. The van der Waals surface area contributed by atoms with Gasteiger partial charge in [-0.25, -0.2) is 14.4 Å². The molecule has 0 radical (unpaired) electrons. The maximum Gasteiger partial charge on any atom is 0.269 e. The summed E-state index contributed by atoms with van der Waals surface area (Å²) >= 11 is 7.66. The number of hydrogen-bond acceptors (Lipinski definition) is 6. The van der Waals surface area contributed by atoms with Crippen LogP contribution in [0.2, 0.25) is 5.28 Å². The third-order valence-corrected chi connectivity index (χ3v) is 8.09. The number of nitro benzene ring substituents is 1. The Morgan fingerprint density at radius 2 is 2.19 bits per heavy atom. The van der Waals surface area contributed by atoms with E-state index in [9.17, 15) is 19.3 Å².